The van der Waals surface area contributed by atoms with Crippen molar-refractivity contribution in [1.82, 2.24) is 0 Å². The van der Waals surface area contributed by atoms with Crippen molar-refractivity contribution in [3.63, 3.8) is 0 Å². The summed E-state index contributed by atoms with van der Waals surface area (Å²) in [6, 6.07) is 0. The van der Waals surface area contributed by atoms with Gasteiger partial charge in [-0.25, -0.2) is 0 Å². The van der Waals surface area contributed by atoms with Gasteiger partial charge in [0.25, 0.3) is 0 Å². The molecule has 4 heteroatoms. The number of nitrogens with zero attached hydrogens (tertiary/aromatic N) is 1. The molecule has 0 aliphatic heterocycles. The number of esters is 1. The Kier molecular flexibility index (Phi) is 14.2. The minimum atomic E-state index is -0.182. The quantitative estimate of drug-likeness (QED) is 0.308. The van der Waals surface area contributed by atoms with Gasteiger partial charge in [0.05, 0.1) is 6.61 Å². The number of unbranched alkanes of at least 4 members (excludes halogenated alkanes) is 1. The molecule has 0 amide bonds. The smallest absolute Gasteiger partial charge is 0.302 e. The predicted octanol–water partition coefficient (Wildman–Crippen LogP) is 1.75. The Morgan fingerprint density at radius 3 is 2.45 bits per heavy atom. The third-order valence-electron chi connectivity index (χ3n) is 0.803. The standard InChI is InChI=1S/C6H12O2.CHNS/c1-3-4-5-8-6(2)7;2-1-3/h3-5H2,1-2H3;3H. The average Bonchev–Trinajstić information content (AvgIpc) is 1.89. The van der Waals surface area contributed by atoms with Crippen molar-refractivity contribution in [2.24, 2.45) is 0 Å². The van der Waals surface area contributed by atoms with Crippen LogP contribution >= 0.6 is 12.6 Å². The van der Waals surface area contributed by atoms with Crippen LogP contribution in [0, 0.1) is 10.7 Å². The molecule has 0 aromatic rings. The molecule has 0 spiro atoms. The van der Waals surface area contributed by atoms with Gasteiger partial charge in [-0.3, -0.25) is 4.79 Å². The van der Waals surface area contributed by atoms with Gasteiger partial charge in [0.1, 0.15) is 5.40 Å². The van der Waals surface area contributed by atoms with Crippen LogP contribution in [0.2, 0.25) is 0 Å². The first kappa shape index (κ1) is 12.9. The van der Waals surface area contributed by atoms with Gasteiger partial charge in [0.15, 0.2) is 0 Å². The van der Waals surface area contributed by atoms with E-state index in [1.165, 1.54) is 12.3 Å². The topological polar surface area (TPSA) is 50.1 Å². The minimum Gasteiger partial charge on any atom is -0.466 e. The lowest BCUT2D eigenvalue weighted by Gasteiger charge is -1.96. The molecule has 0 saturated carbocycles. The summed E-state index contributed by atoms with van der Waals surface area (Å²) in [5.74, 6) is -0.182. The summed E-state index contributed by atoms with van der Waals surface area (Å²) in [6.45, 7) is 4.06. The molecule has 0 rings (SSSR count). The van der Waals surface area contributed by atoms with Crippen LogP contribution in [0.15, 0.2) is 0 Å². The second-order valence-corrected chi connectivity index (χ2v) is 1.99. The van der Waals surface area contributed by atoms with Crippen LogP contribution < -0.4 is 0 Å². The fraction of sp³-hybridized carbons (Fsp3) is 0.714. The molecule has 0 heterocycles. The van der Waals surface area contributed by atoms with Crippen LogP contribution in [-0.4, -0.2) is 12.6 Å². The number of hydrogen-bond acceptors (Lipinski definition) is 4. The van der Waals surface area contributed by atoms with Crippen molar-refractivity contribution in [1.29, 1.82) is 5.26 Å². The molecule has 0 bridgehead atoms. The van der Waals surface area contributed by atoms with Crippen molar-refractivity contribution >= 4 is 18.6 Å². The highest BCUT2D eigenvalue weighted by atomic mass is 32.1. The highest BCUT2D eigenvalue weighted by molar-refractivity contribution is 7.85. The lowest BCUT2D eigenvalue weighted by molar-refractivity contribution is -0.141. The Hall–Kier alpha value is -0.690. The highest BCUT2D eigenvalue weighted by Crippen LogP contribution is 1.86. The summed E-state index contributed by atoms with van der Waals surface area (Å²) >= 11 is 3.09. The number of thiocyanates is 1. The van der Waals surface area contributed by atoms with Crippen LogP contribution in [0.3, 0.4) is 0 Å². The molecule has 0 radical (unpaired) electrons. The molecule has 0 aromatic heterocycles. The minimum absolute atomic E-state index is 0.182. The van der Waals surface area contributed by atoms with Crippen molar-refractivity contribution < 1.29 is 9.53 Å². The highest BCUT2D eigenvalue weighted by Gasteiger charge is 1.88. The molecular weight excluding hydrogens is 162 g/mol. The van der Waals surface area contributed by atoms with E-state index in [4.69, 9.17) is 5.26 Å². The lowest BCUT2D eigenvalue weighted by atomic mass is 10.4. The van der Waals surface area contributed by atoms with E-state index in [9.17, 15) is 4.79 Å². The van der Waals surface area contributed by atoms with Gasteiger partial charge in [-0.2, -0.15) is 5.26 Å². The van der Waals surface area contributed by atoms with Crippen LogP contribution in [0.1, 0.15) is 26.7 Å². The Bertz CT molecular complexity index is 131. The maximum Gasteiger partial charge on any atom is 0.302 e. The van der Waals surface area contributed by atoms with E-state index in [2.05, 4.69) is 24.3 Å². The van der Waals surface area contributed by atoms with Crippen molar-refractivity contribution in [3.8, 4) is 5.40 Å². The third kappa shape index (κ3) is 26.8. The molecule has 0 saturated heterocycles. The number of carbonyl (C=O) groups excluding carboxylic acids is 1. The zero-order chi connectivity index (χ0) is 9.11. The van der Waals surface area contributed by atoms with Gasteiger partial charge in [0.2, 0.25) is 0 Å². The van der Waals surface area contributed by atoms with E-state index in [1.807, 2.05) is 0 Å². The lowest BCUT2D eigenvalue weighted by Crippen LogP contribution is -1.99. The molecule has 0 N–H and O–H groups in total. The molecule has 3 nitrogen and oxygen atoms in total. The molecule has 0 aliphatic rings. The largest absolute Gasteiger partial charge is 0.466 e. The van der Waals surface area contributed by atoms with E-state index in [1.54, 1.807) is 0 Å². The van der Waals surface area contributed by atoms with Gasteiger partial charge < -0.3 is 4.74 Å². The van der Waals surface area contributed by atoms with Gasteiger partial charge in [0, 0.05) is 6.92 Å². The number of hydrogen-bond donors (Lipinski definition) is 1. The molecule has 0 unspecified atom stereocenters. The Balaban J connectivity index is 0. The van der Waals surface area contributed by atoms with E-state index in [0.717, 1.165) is 12.8 Å². The first-order valence-corrected chi connectivity index (χ1v) is 3.80. The average molecular weight is 175 g/mol. The van der Waals surface area contributed by atoms with E-state index in [0.29, 0.717) is 6.61 Å². The fourth-order valence-corrected chi connectivity index (χ4v) is 0.360. The Morgan fingerprint density at radius 1 is 1.73 bits per heavy atom. The Labute approximate surface area is 72.8 Å². The zero-order valence-electron chi connectivity index (χ0n) is 6.83. The second-order valence-electron chi connectivity index (χ2n) is 1.79. The molecule has 64 valence electrons. The van der Waals surface area contributed by atoms with Gasteiger partial charge >= 0.3 is 5.97 Å². The monoisotopic (exact) mass is 175 g/mol. The Morgan fingerprint density at radius 2 is 2.18 bits per heavy atom. The number of ether oxygens (including phenoxy) is 1. The van der Waals surface area contributed by atoms with Gasteiger partial charge in [-0.05, 0) is 6.42 Å². The predicted molar refractivity (Wildman–Crippen MR) is 46.1 cm³/mol. The molecule has 0 aromatic carbocycles. The molecule has 0 aliphatic carbocycles. The summed E-state index contributed by atoms with van der Waals surface area (Å²) < 4.78 is 4.64. The molecule has 0 atom stereocenters. The number of nitriles is 1. The summed E-state index contributed by atoms with van der Waals surface area (Å²) in [5.41, 5.74) is 0. The van der Waals surface area contributed by atoms with E-state index >= 15 is 0 Å². The second kappa shape index (κ2) is 12.0. The zero-order valence-corrected chi connectivity index (χ0v) is 7.73. The summed E-state index contributed by atoms with van der Waals surface area (Å²) in [4.78, 5) is 10.1. The van der Waals surface area contributed by atoms with Crippen molar-refractivity contribution in [3.05, 3.63) is 0 Å². The first-order valence-electron chi connectivity index (χ1n) is 3.35. The molecular formula is C7H13NO2S. The SMILES string of the molecule is CCCCOC(C)=O.N#CS. The summed E-state index contributed by atoms with van der Waals surface area (Å²) in [7, 11) is 0. The molecule has 11 heavy (non-hydrogen) atoms. The van der Waals surface area contributed by atoms with Gasteiger partial charge in [-0.15, -0.1) is 0 Å². The fourth-order valence-electron chi connectivity index (χ4n) is 0.360. The normalized spacial score (nSPS) is 7.09. The van der Waals surface area contributed by atoms with Crippen LogP contribution in [-0.2, 0) is 9.53 Å². The van der Waals surface area contributed by atoms with Gasteiger partial charge in [-0.1, -0.05) is 26.0 Å². The maximum atomic E-state index is 10.1. The first-order chi connectivity index (χ1) is 5.18. The van der Waals surface area contributed by atoms with Crippen LogP contribution in [0.25, 0.3) is 0 Å². The number of thiol groups is 1. The number of carbonyl (C=O) groups is 1. The number of rotatable bonds is 3. The third-order valence-corrected chi connectivity index (χ3v) is 0.803. The van der Waals surface area contributed by atoms with Crippen LogP contribution in [0.5, 0.6) is 0 Å². The maximum absolute atomic E-state index is 10.1. The molecule has 0 fully saturated rings. The summed E-state index contributed by atoms with van der Waals surface area (Å²) in [6.07, 6.45) is 2.05. The summed E-state index contributed by atoms with van der Waals surface area (Å²) in [5, 5.41) is 8.63. The van der Waals surface area contributed by atoms with E-state index in [-0.39, 0.29) is 5.97 Å². The van der Waals surface area contributed by atoms with Crippen molar-refractivity contribution in [2.75, 3.05) is 6.61 Å². The van der Waals surface area contributed by atoms with Crippen molar-refractivity contribution in [2.45, 2.75) is 26.7 Å². The van der Waals surface area contributed by atoms with E-state index < -0.39 is 0 Å². The van der Waals surface area contributed by atoms with Crippen LogP contribution in [0.4, 0.5) is 0 Å².